The van der Waals surface area contributed by atoms with Gasteiger partial charge in [0.15, 0.2) is 11.5 Å². The van der Waals surface area contributed by atoms with E-state index in [0.717, 1.165) is 30.8 Å². The first-order chi connectivity index (χ1) is 8.74. The molecule has 1 atom stereocenters. The minimum atomic E-state index is -0.0181. The van der Waals surface area contributed by atoms with Gasteiger partial charge in [0.1, 0.15) is 0 Å². The zero-order valence-electron chi connectivity index (χ0n) is 10.3. The summed E-state index contributed by atoms with van der Waals surface area (Å²) in [5.41, 5.74) is 0.754. The molecule has 1 aromatic carbocycles. The third-order valence-electron chi connectivity index (χ3n) is 3.46. The molecule has 0 bridgehead atoms. The van der Waals surface area contributed by atoms with Crippen molar-refractivity contribution in [2.45, 2.75) is 18.9 Å². The number of anilines is 1. The van der Waals surface area contributed by atoms with Crippen molar-refractivity contribution in [2.75, 3.05) is 25.7 Å². The number of likely N-dealkylation sites (tertiary alicyclic amines) is 1. The summed E-state index contributed by atoms with van der Waals surface area (Å²) in [5, 5.41) is 2.93. The molecule has 0 radical (unpaired) electrons. The van der Waals surface area contributed by atoms with Crippen molar-refractivity contribution in [1.29, 1.82) is 0 Å². The molecule has 1 amide bonds. The van der Waals surface area contributed by atoms with Gasteiger partial charge in [0.25, 0.3) is 0 Å². The number of hydrogen-bond acceptors (Lipinski definition) is 4. The molecule has 1 fully saturated rings. The van der Waals surface area contributed by atoms with Crippen molar-refractivity contribution in [3.63, 3.8) is 0 Å². The Balaban J connectivity index is 1.71. The van der Waals surface area contributed by atoms with E-state index in [4.69, 9.17) is 9.47 Å². The van der Waals surface area contributed by atoms with E-state index in [9.17, 15) is 4.79 Å². The van der Waals surface area contributed by atoms with E-state index in [-0.39, 0.29) is 18.7 Å². The quantitative estimate of drug-likeness (QED) is 0.860. The Hall–Kier alpha value is -1.75. The highest BCUT2D eigenvalue weighted by molar-refractivity contribution is 5.95. The Morgan fingerprint density at radius 1 is 1.39 bits per heavy atom. The van der Waals surface area contributed by atoms with Crippen molar-refractivity contribution in [1.82, 2.24) is 4.90 Å². The molecule has 1 aromatic rings. The molecule has 18 heavy (non-hydrogen) atoms. The van der Waals surface area contributed by atoms with E-state index in [1.54, 1.807) is 6.07 Å². The van der Waals surface area contributed by atoms with Crippen LogP contribution in [0.5, 0.6) is 11.5 Å². The maximum Gasteiger partial charge on any atom is 0.241 e. The van der Waals surface area contributed by atoms with Crippen LogP contribution in [0.1, 0.15) is 12.8 Å². The Bertz CT molecular complexity index is 475. The lowest BCUT2D eigenvalue weighted by Crippen LogP contribution is -2.37. The van der Waals surface area contributed by atoms with E-state index >= 15 is 0 Å². The van der Waals surface area contributed by atoms with Crippen molar-refractivity contribution in [3.8, 4) is 11.5 Å². The van der Waals surface area contributed by atoms with Gasteiger partial charge < -0.3 is 14.8 Å². The molecule has 2 aliphatic heterocycles. The molecule has 1 N–H and O–H groups in total. The summed E-state index contributed by atoms with van der Waals surface area (Å²) < 4.78 is 10.5. The summed E-state index contributed by atoms with van der Waals surface area (Å²) in [4.78, 5) is 14.2. The maximum absolute atomic E-state index is 12.1. The molecule has 2 heterocycles. The normalized spacial score (nSPS) is 22.2. The van der Waals surface area contributed by atoms with Gasteiger partial charge in [-0.25, -0.2) is 0 Å². The van der Waals surface area contributed by atoms with Crippen LogP contribution in [0.4, 0.5) is 5.69 Å². The number of ether oxygens (including phenoxy) is 2. The zero-order chi connectivity index (χ0) is 12.5. The molecule has 96 valence electrons. The number of nitrogens with one attached hydrogen (secondary N) is 1. The summed E-state index contributed by atoms with van der Waals surface area (Å²) in [7, 11) is 1.98. The first-order valence-corrected chi connectivity index (χ1v) is 6.15. The Morgan fingerprint density at radius 3 is 3.00 bits per heavy atom. The second-order valence-corrected chi connectivity index (χ2v) is 4.70. The van der Waals surface area contributed by atoms with Crippen LogP contribution in [-0.2, 0) is 4.79 Å². The number of carbonyl (C=O) groups is 1. The molecule has 0 saturated carbocycles. The molecular weight excluding hydrogens is 232 g/mol. The van der Waals surface area contributed by atoms with Gasteiger partial charge in [-0.15, -0.1) is 0 Å². The Kier molecular flexibility index (Phi) is 2.83. The fraction of sp³-hybridized carbons (Fsp3) is 0.462. The lowest BCUT2D eigenvalue weighted by Gasteiger charge is -2.18. The Morgan fingerprint density at radius 2 is 2.22 bits per heavy atom. The molecule has 2 aliphatic rings. The molecule has 0 aliphatic carbocycles. The number of hydrogen-bond donors (Lipinski definition) is 1. The minimum absolute atomic E-state index is 0.0181. The van der Waals surface area contributed by atoms with Gasteiger partial charge in [-0.05, 0) is 38.6 Å². The molecule has 1 saturated heterocycles. The molecule has 5 heteroatoms. The number of nitrogens with zero attached hydrogens (tertiary/aromatic N) is 1. The number of amides is 1. The number of benzene rings is 1. The monoisotopic (exact) mass is 248 g/mol. The van der Waals surface area contributed by atoms with Crippen LogP contribution >= 0.6 is 0 Å². The van der Waals surface area contributed by atoms with Gasteiger partial charge in [-0.2, -0.15) is 0 Å². The summed E-state index contributed by atoms with van der Waals surface area (Å²) in [6.07, 6.45) is 2.00. The van der Waals surface area contributed by atoms with Gasteiger partial charge in [0.2, 0.25) is 12.7 Å². The van der Waals surface area contributed by atoms with E-state index in [1.807, 2.05) is 19.2 Å². The first kappa shape index (κ1) is 11.3. The lowest BCUT2D eigenvalue weighted by molar-refractivity contribution is -0.119. The van der Waals surface area contributed by atoms with E-state index in [2.05, 4.69) is 10.2 Å². The van der Waals surface area contributed by atoms with Crippen LogP contribution in [0, 0.1) is 0 Å². The lowest BCUT2D eigenvalue weighted by atomic mass is 10.2. The van der Waals surface area contributed by atoms with Crippen molar-refractivity contribution < 1.29 is 14.3 Å². The second kappa shape index (κ2) is 4.49. The van der Waals surface area contributed by atoms with Crippen LogP contribution in [0.25, 0.3) is 0 Å². The van der Waals surface area contributed by atoms with Crippen LogP contribution in [-0.4, -0.2) is 37.2 Å². The predicted octanol–water partition coefficient (Wildman–Crippen LogP) is 1.45. The number of carbonyl (C=O) groups excluding carboxylic acids is 1. The van der Waals surface area contributed by atoms with Crippen molar-refractivity contribution in [2.24, 2.45) is 0 Å². The number of rotatable bonds is 2. The highest BCUT2D eigenvalue weighted by Crippen LogP contribution is 2.34. The molecule has 3 rings (SSSR count). The van der Waals surface area contributed by atoms with Crippen LogP contribution < -0.4 is 14.8 Å². The Labute approximate surface area is 106 Å². The smallest absolute Gasteiger partial charge is 0.241 e. The standard InChI is InChI=1S/C13H16N2O3/c1-15-6-2-3-10(15)13(16)14-9-4-5-11-12(7-9)18-8-17-11/h4-5,7,10H,2-3,6,8H2,1H3,(H,14,16). The zero-order valence-corrected chi connectivity index (χ0v) is 10.3. The average Bonchev–Trinajstić information content (AvgIpc) is 2.96. The summed E-state index contributed by atoms with van der Waals surface area (Å²) >= 11 is 0. The predicted molar refractivity (Wildman–Crippen MR) is 66.8 cm³/mol. The van der Waals surface area contributed by atoms with Crippen molar-refractivity contribution in [3.05, 3.63) is 18.2 Å². The summed E-state index contributed by atoms with van der Waals surface area (Å²) in [6.45, 7) is 1.23. The molecular formula is C13H16N2O3. The minimum Gasteiger partial charge on any atom is -0.454 e. The summed E-state index contributed by atoms with van der Waals surface area (Å²) in [5.74, 6) is 1.47. The van der Waals surface area contributed by atoms with Crippen LogP contribution in [0.15, 0.2) is 18.2 Å². The average molecular weight is 248 g/mol. The highest BCUT2D eigenvalue weighted by atomic mass is 16.7. The number of fused-ring (bicyclic) bond motifs is 1. The van der Waals surface area contributed by atoms with Crippen molar-refractivity contribution >= 4 is 11.6 Å². The number of likely N-dealkylation sites (N-methyl/N-ethyl adjacent to an activating group) is 1. The maximum atomic E-state index is 12.1. The van der Waals surface area contributed by atoms with Gasteiger partial charge in [-0.1, -0.05) is 0 Å². The highest BCUT2D eigenvalue weighted by Gasteiger charge is 2.27. The second-order valence-electron chi connectivity index (χ2n) is 4.70. The largest absolute Gasteiger partial charge is 0.454 e. The van der Waals surface area contributed by atoms with E-state index in [0.29, 0.717) is 5.75 Å². The van der Waals surface area contributed by atoms with Gasteiger partial charge >= 0.3 is 0 Å². The molecule has 5 nitrogen and oxygen atoms in total. The van der Waals surface area contributed by atoms with Gasteiger partial charge in [-0.3, -0.25) is 9.69 Å². The third-order valence-corrected chi connectivity index (χ3v) is 3.46. The van der Waals surface area contributed by atoms with Crippen LogP contribution in [0.3, 0.4) is 0 Å². The molecule has 0 spiro atoms. The fourth-order valence-corrected chi connectivity index (χ4v) is 2.44. The van der Waals surface area contributed by atoms with E-state index < -0.39 is 0 Å². The van der Waals surface area contributed by atoms with E-state index in [1.165, 1.54) is 0 Å². The van der Waals surface area contributed by atoms with Gasteiger partial charge in [0, 0.05) is 11.8 Å². The third kappa shape index (κ3) is 2.01. The fourth-order valence-electron chi connectivity index (χ4n) is 2.44. The SMILES string of the molecule is CN1CCCC1C(=O)Nc1ccc2c(c1)OCO2. The van der Waals surface area contributed by atoms with Gasteiger partial charge in [0.05, 0.1) is 6.04 Å². The topological polar surface area (TPSA) is 50.8 Å². The summed E-state index contributed by atoms with van der Waals surface area (Å²) in [6, 6.07) is 5.43. The molecule has 0 aromatic heterocycles. The van der Waals surface area contributed by atoms with Crippen LogP contribution in [0.2, 0.25) is 0 Å². The molecule has 1 unspecified atom stereocenters. The first-order valence-electron chi connectivity index (χ1n) is 6.15.